The monoisotopic (exact) mass is 447 g/mol. The lowest BCUT2D eigenvalue weighted by molar-refractivity contribution is -0.384. The van der Waals surface area contributed by atoms with Crippen molar-refractivity contribution in [1.82, 2.24) is 5.32 Å². The molecule has 0 aromatic heterocycles. The van der Waals surface area contributed by atoms with Crippen LogP contribution in [0, 0.1) is 30.9 Å². The highest BCUT2D eigenvalue weighted by Gasteiger charge is 2.22. The standard InChI is InChI=1S/C22H29N3O5S/c1-15-8-9-16(2)20(13-15)18(4)23-22(26)7-6-12-24(31(5,29)30)21-14-19(25(27)28)11-10-17(21)3/h8-11,13-14,18H,6-7,12H2,1-5H3,(H,23,26)/t18-/m0/s1. The van der Waals surface area contributed by atoms with E-state index in [4.69, 9.17) is 0 Å². The van der Waals surface area contributed by atoms with E-state index in [9.17, 15) is 23.3 Å². The number of benzene rings is 2. The summed E-state index contributed by atoms with van der Waals surface area (Å²) in [5.74, 6) is -0.183. The normalized spacial score (nSPS) is 12.3. The largest absolute Gasteiger partial charge is 0.350 e. The minimum absolute atomic E-state index is 0.0477. The van der Waals surface area contributed by atoms with E-state index in [2.05, 4.69) is 5.32 Å². The van der Waals surface area contributed by atoms with E-state index < -0.39 is 14.9 Å². The number of nitrogens with one attached hydrogen (secondary N) is 1. The number of hydrogen-bond donors (Lipinski definition) is 1. The number of nitro groups is 1. The molecule has 31 heavy (non-hydrogen) atoms. The van der Waals surface area contributed by atoms with Crippen molar-refractivity contribution in [3.05, 3.63) is 68.8 Å². The molecule has 0 heterocycles. The highest BCUT2D eigenvalue weighted by molar-refractivity contribution is 7.92. The van der Waals surface area contributed by atoms with Gasteiger partial charge in [0.25, 0.3) is 5.69 Å². The molecular weight excluding hydrogens is 418 g/mol. The van der Waals surface area contributed by atoms with Gasteiger partial charge in [-0.05, 0) is 50.8 Å². The molecule has 0 aliphatic heterocycles. The van der Waals surface area contributed by atoms with E-state index in [1.54, 1.807) is 6.92 Å². The number of hydrogen-bond acceptors (Lipinski definition) is 5. The molecule has 0 unspecified atom stereocenters. The van der Waals surface area contributed by atoms with Crippen LogP contribution in [0.3, 0.4) is 0 Å². The van der Waals surface area contributed by atoms with Crippen LogP contribution >= 0.6 is 0 Å². The molecule has 9 heteroatoms. The van der Waals surface area contributed by atoms with Gasteiger partial charge in [0.2, 0.25) is 15.9 Å². The van der Waals surface area contributed by atoms with Crippen molar-refractivity contribution >= 4 is 27.3 Å². The first kappa shape index (κ1) is 24.3. The van der Waals surface area contributed by atoms with E-state index in [1.165, 1.54) is 18.2 Å². The number of anilines is 1. The van der Waals surface area contributed by atoms with Gasteiger partial charge in [0.05, 0.1) is 22.9 Å². The minimum Gasteiger partial charge on any atom is -0.350 e. The van der Waals surface area contributed by atoms with Gasteiger partial charge in [-0.1, -0.05) is 29.8 Å². The first-order chi connectivity index (χ1) is 14.4. The number of nitrogens with zero attached hydrogens (tertiary/aromatic N) is 2. The Hall–Kier alpha value is -2.94. The van der Waals surface area contributed by atoms with E-state index in [0.717, 1.165) is 27.3 Å². The molecule has 0 spiro atoms. The summed E-state index contributed by atoms with van der Waals surface area (Å²) in [7, 11) is -3.68. The third-order valence-corrected chi connectivity index (χ3v) is 6.30. The molecule has 8 nitrogen and oxygen atoms in total. The van der Waals surface area contributed by atoms with Crippen molar-refractivity contribution in [3.8, 4) is 0 Å². The Balaban J connectivity index is 2.07. The van der Waals surface area contributed by atoms with Crippen LogP contribution in [-0.4, -0.2) is 32.0 Å². The molecule has 0 fully saturated rings. The molecule has 0 radical (unpaired) electrons. The number of carbonyl (C=O) groups excluding carboxylic acids is 1. The SMILES string of the molecule is Cc1ccc(C)c([C@H](C)NC(=O)CCCN(c2cc([N+](=O)[O-])ccc2C)S(C)(=O)=O)c1. The Morgan fingerprint density at radius 1 is 1.13 bits per heavy atom. The van der Waals surface area contributed by atoms with E-state index in [0.29, 0.717) is 5.56 Å². The van der Waals surface area contributed by atoms with Crippen molar-refractivity contribution in [3.63, 3.8) is 0 Å². The summed E-state index contributed by atoms with van der Waals surface area (Å²) in [5.41, 5.74) is 3.90. The molecule has 2 aromatic carbocycles. The molecule has 2 rings (SSSR count). The summed E-state index contributed by atoms with van der Waals surface area (Å²) in [6.45, 7) is 7.63. The molecular formula is C22H29N3O5S. The van der Waals surface area contributed by atoms with Crippen LogP contribution in [0.5, 0.6) is 0 Å². The van der Waals surface area contributed by atoms with Gasteiger partial charge in [0, 0.05) is 25.1 Å². The van der Waals surface area contributed by atoms with Crippen LogP contribution in [-0.2, 0) is 14.8 Å². The molecule has 0 saturated heterocycles. The van der Waals surface area contributed by atoms with Crippen molar-refractivity contribution in [1.29, 1.82) is 0 Å². The summed E-state index contributed by atoms with van der Waals surface area (Å²) >= 11 is 0. The number of non-ortho nitro benzene ring substituents is 1. The summed E-state index contributed by atoms with van der Waals surface area (Å²) in [6.07, 6.45) is 1.46. The van der Waals surface area contributed by atoms with Gasteiger partial charge in [0.15, 0.2) is 0 Å². The fourth-order valence-corrected chi connectivity index (χ4v) is 4.46. The second-order valence-corrected chi connectivity index (χ2v) is 9.72. The second-order valence-electron chi connectivity index (χ2n) is 7.82. The molecule has 1 atom stereocenters. The van der Waals surface area contributed by atoms with Gasteiger partial charge in [-0.3, -0.25) is 19.2 Å². The van der Waals surface area contributed by atoms with Crippen LogP contribution < -0.4 is 9.62 Å². The molecule has 1 amide bonds. The number of rotatable bonds is 9. The van der Waals surface area contributed by atoms with E-state index >= 15 is 0 Å². The van der Waals surface area contributed by atoms with Gasteiger partial charge >= 0.3 is 0 Å². The van der Waals surface area contributed by atoms with Crippen LogP contribution in [0.1, 0.15) is 48.1 Å². The van der Waals surface area contributed by atoms with Crippen molar-refractivity contribution in [2.45, 2.75) is 46.6 Å². The lowest BCUT2D eigenvalue weighted by Crippen LogP contribution is -2.33. The third kappa shape index (κ3) is 6.52. The molecule has 0 bridgehead atoms. The average Bonchev–Trinajstić information content (AvgIpc) is 2.66. The molecule has 0 aliphatic carbocycles. The van der Waals surface area contributed by atoms with Crippen molar-refractivity contribution in [2.24, 2.45) is 0 Å². The summed E-state index contributed by atoms with van der Waals surface area (Å²) in [4.78, 5) is 23.0. The molecule has 1 N–H and O–H groups in total. The summed E-state index contributed by atoms with van der Waals surface area (Å²) in [5, 5.41) is 14.0. The lowest BCUT2D eigenvalue weighted by Gasteiger charge is -2.24. The molecule has 2 aromatic rings. The van der Waals surface area contributed by atoms with E-state index in [-0.39, 0.29) is 42.7 Å². The lowest BCUT2D eigenvalue weighted by atomic mass is 10.00. The van der Waals surface area contributed by atoms with Gasteiger partial charge < -0.3 is 5.32 Å². The summed E-state index contributed by atoms with van der Waals surface area (Å²) in [6, 6.07) is 10.0. The van der Waals surface area contributed by atoms with Crippen LogP contribution in [0.2, 0.25) is 0 Å². The minimum atomic E-state index is -3.68. The van der Waals surface area contributed by atoms with Crippen LogP contribution in [0.4, 0.5) is 11.4 Å². The molecule has 0 aliphatic rings. The fourth-order valence-electron chi connectivity index (χ4n) is 3.45. The van der Waals surface area contributed by atoms with Crippen molar-refractivity contribution in [2.75, 3.05) is 17.1 Å². The number of carbonyl (C=O) groups is 1. The predicted octanol–water partition coefficient (Wildman–Crippen LogP) is 3.94. The Bertz CT molecular complexity index is 1080. The highest BCUT2D eigenvalue weighted by atomic mass is 32.2. The molecule has 168 valence electrons. The number of amides is 1. The quantitative estimate of drug-likeness (QED) is 0.462. The smallest absolute Gasteiger partial charge is 0.271 e. The van der Waals surface area contributed by atoms with E-state index in [1.807, 2.05) is 39.0 Å². The maximum absolute atomic E-state index is 12.4. The first-order valence-electron chi connectivity index (χ1n) is 9.99. The van der Waals surface area contributed by atoms with Crippen LogP contribution in [0.25, 0.3) is 0 Å². The second kappa shape index (κ2) is 9.91. The Labute approximate surface area is 183 Å². The van der Waals surface area contributed by atoms with Gasteiger partial charge in [-0.2, -0.15) is 0 Å². The average molecular weight is 448 g/mol. The zero-order chi connectivity index (χ0) is 23.3. The zero-order valence-electron chi connectivity index (χ0n) is 18.5. The Morgan fingerprint density at radius 3 is 2.39 bits per heavy atom. The highest BCUT2D eigenvalue weighted by Crippen LogP contribution is 2.28. The Kier molecular flexibility index (Phi) is 7.78. The maximum atomic E-state index is 12.4. The van der Waals surface area contributed by atoms with Crippen molar-refractivity contribution < 1.29 is 18.1 Å². The fraction of sp³-hybridized carbons (Fsp3) is 0.409. The van der Waals surface area contributed by atoms with Gasteiger partial charge in [-0.15, -0.1) is 0 Å². The van der Waals surface area contributed by atoms with Crippen LogP contribution in [0.15, 0.2) is 36.4 Å². The first-order valence-corrected chi connectivity index (χ1v) is 11.8. The zero-order valence-corrected chi connectivity index (χ0v) is 19.3. The number of aryl methyl sites for hydroxylation is 3. The third-order valence-electron chi connectivity index (χ3n) is 5.12. The van der Waals surface area contributed by atoms with Gasteiger partial charge in [-0.25, -0.2) is 8.42 Å². The summed E-state index contributed by atoms with van der Waals surface area (Å²) < 4.78 is 25.8. The number of sulfonamides is 1. The Morgan fingerprint density at radius 2 is 1.77 bits per heavy atom. The van der Waals surface area contributed by atoms with Gasteiger partial charge in [0.1, 0.15) is 0 Å². The topological polar surface area (TPSA) is 110 Å². The predicted molar refractivity (Wildman–Crippen MR) is 122 cm³/mol. The molecule has 0 saturated carbocycles. The number of nitro benzene ring substituents is 1. The maximum Gasteiger partial charge on any atom is 0.271 e.